The number of carbonyl (C=O) groups is 2. The number of halogens is 1. The van der Waals surface area contributed by atoms with Gasteiger partial charge >= 0.3 is 0 Å². The fraction of sp³-hybridized carbons (Fsp3) is 0.417. The van der Waals surface area contributed by atoms with E-state index >= 15 is 0 Å². The van der Waals surface area contributed by atoms with Crippen LogP contribution >= 0.6 is 11.6 Å². The number of likely N-dealkylation sites (tertiary alicyclic amines) is 1. The summed E-state index contributed by atoms with van der Waals surface area (Å²) in [7, 11) is 0. The maximum Gasteiger partial charge on any atom is 0.223 e. The van der Waals surface area contributed by atoms with E-state index < -0.39 is 0 Å². The fourth-order valence-electron chi connectivity index (χ4n) is 3.65. The second-order valence-corrected chi connectivity index (χ2v) is 9.14. The number of benzene rings is 2. The first-order chi connectivity index (χ1) is 13.7. The third-order valence-electron chi connectivity index (χ3n) is 5.48. The van der Waals surface area contributed by atoms with Gasteiger partial charge in [0.1, 0.15) is 0 Å². The Labute approximate surface area is 178 Å². The average Bonchev–Trinajstić information content (AvgIpc) is 3.00. The molecule has 2 aromatic rings. The standard InChI is InChI=1S/C24H29ClN2O2/c1-24(2,3)19-10-8-17(9-11-19)16-27-20(12-13-23(27)29)14-22(28)26-15-18-6-4-5-7-21(18)25/h4-11,20H,12-16H2,1-3H3,(H,26,28). The van der Waals surface area contributed by atoms with Crippen molar-refractivity contribution >= 4 is 23.4 Å². The van der Waals surface area contributed by atoms with Crippen LogP contribution in [0.4, 0.5) is 0 Å². The minimum Gasteiger partial charge on any atom is -0.352 e. The molecule has 29 heavy (non-hydrogen) atoms. The van der Waals surface area contributed by atoms with Gasteiger partial charge < -0.3 is 10.2 Å². The highest BCUT2D eigenvalue weighted by Crippen LogP contribution is 2.26. The SMILES string of the molecule is CC(C)(C)c1ccc(CN2C(=O)CCC2CC(=O)NCc2ccccc2Cl)cc1. The Kier molecular flexibility index (Phi) is 6.63. The summed E-state index contributed by atoms with van der Waals surface area (Å²) in [4.78, 5) is 26.7. The molecule has 1 unspecified atom stereocenters. The van der Waals surface area contributed by atoms with Gasteiger partial charge in [-0.2, -0.15) is 0 Å². The van der Waals surface area contributed by atoms with E-state index in [4.69, 9.17) is 11.6 Å². The molecule has 5 heteroatoms. The minimum atomic E-state index is -0.0592. The molecule has 0 spiro atoms. The summed E-state index contributed by atoms with van der Waals surface area (Å²) in [6.45, 7) is 7.50. The lowest BCUT2D eigenvalue weighted by atomic mass is 9.87. The highest BCUT2D eigenvalue weighted by Gasteiger charge is 2.32. The third kappa shape index (κ3) is 5.60. The van der Waals surface area contributed by atoms with Gasteiger partial charge in [0.15, 0.2) is 0 Å². The normalized spacial score (nSPS) is 16.9. The number of amides is 2. The monoisotopic (exact) mass is 412 g/mol. The zero-order valence-corrected chi connectivity index (χ0v) is 18.1. The van der Waals surface area contributed by atoms with E-state index in [0.29, 0.717) is 31.0 Å². The summed E-state index contributed by atoms with van der Waals surface area (Å²) in [6.07, 6.45) is 1.54. The van der Waals surface area contributed by atoms with Crippen LogP contribution in [0, 0.1) is 0 Å². The van der Waals surface area contributed by atoms with E-state index in [0.717, 1.165) is 17.5 Å². The summed E-state index contributed by atoms with van der Waals surface area (Å²) >= 11 is 6.15. The van der Waals surface area contributed by atoms with Crippen molar-refractivity contribution in [3.8, 4) is 0 Å². The largest absolute Gasteiger partial charge is 0.352 e. The number of carbonyl (C=O) groups excluding carboxylic acids is 2. The van der Waals surface area contributed by atoms with Gasteiger partial charge in [-0.1, -0.05) is 74.8 Å². The van der Waals surface area contributed by atoms with Gasteiger partial charge in [0.25, 0.3) is 0 Å². The van der Waals surface area contributed by atoms with Crippen LogP contribution in [0.3, 0.4) is 0 Å². The van der Waals surface area contributed by atoms with Crippen molar-refractivity contribution in [3.63, 3.8) is 0 Å². The fourth-order valence-corrected chi connectivity index (χ4v) is 3.85. The Morgan fingerprint density at radius 3 is 2.48 bits per heavy atom. The maximum atomic E-state index is 12.5. The van der Waals surface area contributed by atoms with E-state index in [2.05, 4.69) is 50.4 Å². The van der Waals surface area contributed by atoms with Gasteiger partial charge in [-0.05, 0) is 34.6 Å². The Morgan fingerprint density at radius 1 is 1.14 bits per heavy atom. The molecule has 0 radical (unpaired) electrons. The molecule has 4 nitrogen and oxygen atoms in total. The van der Waals surface area contributed by atoms with Gasteiger partial charge in [0, 0.05) is 37.0 Å². The van der Waals surface area contributed by atoms with Crippen molar-refractivity contribution in [2.45, 2.75) is 64.6 Å². The van der Waals surface area contributed by atoms with Gasteiger partial charge in [-0.3, -0.25) is 9.59 Å². The molecular formula is C24H29ClN2O2. The summed E-state index contributed by atoms with van der Waals surface area (Å²) in [5.74, 6) is 0.0616. The Hall–Kier alpha value is -2.33. The number of nitrogens with zero attached hydrogens (tertiary/aromatic N) is 1. The zero-order valence-electron chi connectivity index (χ0n) is 17.4. The third-order valence-corrected chi connectivity index (χ3v) is 5.85. The molecule has 1 heterocycles. The van der Waals surface area contributed by atoms with Crippen molar-refractivity contribution in [1.29, 1.82) is 0 Å². The first-order valence-corrected chi connectivity index (χ1v) is 10.5. The molecule has 0 bridgehead atoms. The second-order valence-electron chi connectivity index (χ2n) is 8.73. The van der Waals surface area contributed by atoms with E-state index in [-0.39, 0.29) is 23.3 Å². The van der Waals surface area contributed by atoms with Gasteiger partial charge in [-0.25, -0.2) is 0 Å². The lowest BCUT2D eigenvalue weighted by molar-refractivity contribution is -0.130. The van der Waals surface area contributed by atoms with Crippen LogP contribution in [0.25, 0.3) is 0 Å². The van der Waals surface area contributed by atoms with Crippen LogP contribution in [-0.2, 0) is 28.1 Å². The van der Waals surface area contributed by atoms with Crippen LogP contribution in [0.2, 0.25) is 5.02 Å². The Bertz CT molecular complexity index is 871. The average molecular weight is 413 g/mol. The molecule has 154 valence electrons. The summed E-state index contributed by atoms with van der Waals surface area (Å²) < 4.78 is 0. The molecule has 0 aliphatic carbocycles. The summed E-state index contributed by atoms with van der Waals surface area (Å²) in [5, 5.41) is 3.57. The highest BCUT2D eigenvalue weighted by atomic mass is 35.5. The van der Waals surface area contributed by atoms with Crippen LogP contribution in [0.15, 0.2) is 48.5 Å². The van der Waals surface area contributed by atoms with Gasteiger partial charge in [0.2, 0.25) is 11.8 Å². The molecule has 3 rings (SSSR count). The number of hydrogen-bond donors (Lipinski definition) is 1. The first kappa shape index (κ1) is 21.4. The van der Waals surface area contributed by atoms with E-state index in [1.54, 1.807) is 0 Å². The van der Waals surface area contributed by atoms with E-state index in [9.17, 15) is 9.59 Å². The van der Waals surface area contributed by atoms with Crippen LogP contribution < -0.4 is 5.32 Å². The molecule has 2 aromatic carbocycles. The predicted octanol–water partition coefficient (Wildman–Crippen LogP) is 4.84. The molecule has 1 aliphatic heterocycles. The lowest BCUT2D eigenvalue weighted by Crippen LogP contribution is -2.37. The molecular weight excluding hydrogens is 384 g/mol. The molecule has 1 atom stereocenters. The molecule has 1 N–H and O–H groups in total. The van der Waals surface area contributed by atoms with Crippen molar-refractivity contribution in [2.75, 3.05) is 0 Å². The Balaban J connectivity index is 1.58. The van der Waals surface area contributed by atoms with Crippen molar-refractivity contribution < 1.29 is 9.59 Å². The number of nitrogens with one attached hydrogen (secondary N) is 1. The minimum absolute atomic E-state index is 0.0577. The lowest BCUT2D eigenvalue weighted by Gasteiger charge is -2.25. The molecule has 1 saturated heterocycles. The molecule has 1 fully saturated rings. The number of rotatable bonds is 6. The molecule has 0 saturated carbocycles. The van der Waals surface area contributed by atoms with E-state index in [1.807, 2.05) is 29.2 Å². The topological polar surface area (TPSA) is 49.4 Å². The quantitative estimate of drug-likeness (QED) is 0.738. The van der Waals surface area contributed by atoms with Gasteiger partial charge in [-0.15, -0.1) is 0 Å². The molecule has 1 aliphatic rings. The Morgan fingerprint density at radius 2 is 1.83 bits per heavy atom. The van der Waals surface area contributed by atoms with Crippen LogP contribution in [-0.4, -0.2) is 22.8 Å². The highest BCUT2D eigenvalue weighted by molar-refractivity contribution is 6.31. The zero-order chi connectivity index (χ0) is 21.0. The van der Waals surface area contributed by atoms with Crippen LogP contribution in [0.1, 0.15) is 56.7 Å². The van der Waals surface area contributed by atoms with Crippen molar-refractivity contribution in [3.05, 3.63) is 70.2 Å². The smallest absolute Gasteiger partial charge is 0.223 e. The molecule has 2 amide bonds. The molecule has 0 aromatic heterocycles. The summed E-state index contributed by atoms with van der Waals surface area (Å²) in [5.41, 5.74) is 3.35. The summed E-state index contributed by atoms with van der Waals surface area (Å²) in [6, 6.07) is 15.8. The predicted molar refractivity (Wildman–Crippen MR) is 117 cm³/mol. The number of hydrogen-bond acceptors (Lipinski definition) is 2. The van der Waals surface area contributed by atoms with E-state index in [1.165, 1.54) is 5.56 Å². The maximum absolute atomic E-state index is 12.5. The van der Waals surface area contributed by atoms with Crippen molar-refractivity contribution in [1.82, 2.24) is 10.2 Å². The second kappa shape index (κ2) is 9.00. The van der Waals surface area contributed by atoms with Crippen molar-refractivity contribution in [2.24, 2.45) is 0 Å². The van der Waals surface area contributed by atoms with Crippen LogP contribution in [0.5, 0.6) is 0 Å². The first-order valence-electron chi connectivity index (χ1n) is 10.1. The van der Waals surface area contributed by atoms with Gasteiger partial charge in [0.05, 0.1) is 0 Å².